The minimum Gasteiger partial charge on any atom is -0.481 e. The first-order chi connectivity index (χ1) is 10.4. The molecule has 118 valence electrons. The number of amides is 1. The second-order valence-electron chi connectivity index (χ2n) is 6.02. The summed E-state index contributed by atoms with van der Waals surface area (Å²) in [4.78, 5) is 24.1. The molecular formula is C18H23NO3. The van der Waals surface area contributed by atoms with Crippen molar-refractivity contribution in [3.8, 4) is 0 Å². The lowest BCUT2D eigenvalue weighted by atomic mass is 9.76. The van der Waals surface area contributed by atoms with Crippen molar-refractivity contribution in [2.75, 3.05) is 5.32 Å². The highest BCUT2D eigenvalue weighted by Gasteiger charge is 2.37. The number of hydrogen-bond donors (Lipinski definition) is 2. The number of nitrogens with one attached hydrogen (secondary N) is 1. The second kappa shape index (κ2) is 6.77. The van der Waals surface area contributed by atoms with Crippen LogP contribution in [-0.4, -0.2) is 17.0 Å². The first-order valence-corrected chi connectivity index (χ1v) is 7.70. The molecule has 0 aromatic heterocycles. The molecule has 4 heteroatoms. The van der Waals surface area contributed by atoms with E-state index in [0.717, 1.165) is 28.8 Å². The maximum absolute atomic E-state index is 12.6. The zero-order chi connectivity index (χ0) is 16.3. The van der Waals surface area contributed by atoms with Crippen molar-refractivity contribution >= 4 is 17.6 Å². The van der Waals surface area contributed by atoms with Crippen molar-refractivity contribution in [1.82, 2.24) is 0 Å². The summed E-state index contributed by atoms with van der Waals surface area (Å²) in [6, 6.07) is 7.65. The average molecular weight is 301 g/mol. The number of carboxylic acid groups (broad SMARTS) is 1. The molecule has 0 aliphatic heterocycles. The van der Waals surface area contributed by atoms with Gasteiger partial charge in [-0.1, -0.05) is 36.3 Å². The zero-order valence-electron chi connectivity index (χ0n) is 13.3. The summed E-state index contributed by atoms with van der Waals surface area (Å²) >= 11 is 0. The molecule has 0 spiro atoms. The van der Waals surface area contributed by atoms with Crippen LogP contribution < -0.4 is 5.32 Å². The molecule has 0 radical (unpaired) electrons. The van der Waals surface area contributed by atoms with Crippen molar-refractivity contribution in [2.24, 2.45) is 11.8 Å². The van der Waals surface area contributed by atoms with Crippen LogP contribution in [0.5, 0.6) is 0 Å². The van der Waals surface area contributed by atoms with Crippen LogP contribution in [0.4, 0.5) is 5.69 Å². The number of carboxylic acids is 1. The third-order valence-electron chi connectivity index (χ3n) is 4.58. The Morgan fingerprint density at radius 3 is 2.32 bits per heavy atom. The van der Waals surface area contributed by atoms with Gasteiger partial charge in [0.2, 0.25) is 5.91 Å². The zero-order valence-corrected chi connectivity index (χ0v) is 13.3. The fraction of sp³-hybridized carbons (Fsp3) is 0.444. The Labute approximate surface area is 131 Å². The molecule has 2 N–H and O–H groups in total. The summed E-state index contributed by atoms with van der Waals surface area (Å²) in [5, 5.41) is 12.4. The minimum atomic E-state index is -0.893. The molecule has 0 fully saturated rings. The second-order valence-corrected chi connectivity index (χ2v) is 6.02. The Kier molecular flexibility index (Phi) is 5.01. The van der Waals surface area contributed by atoms with Gasteiger partial charge < -0.3 is 10.4 Å². The van der Waals surface area contributed by atoms with Gasteiger partial charge in [-0.15, -0.1) is 0 Å². The quantitative estimate of drug-likeness (QED) is 0.834. The maximum atomic E-state index is 12.6. The minimum absolute atomic E-state index is 0.194. The van der Waals surface area contributed by atoms with Crippen LogP contribution in [0.3, 0.4) is 0 Å². The highest BCUT2D eigenvalue weighted by Crippen LogP contribution is 2.35. The van der Waals surface area contributed by atoms with Gasteiger partial charge in [-0.3, -0.25) is 9.59 Å². The van der Waals surface area contributed by atoms with Gasteiger partial charge in [-0.2, -0.15) is 0 Å². The number of allylic oxidation sites excluding steroid dienone is 2. The van der Waals surface area contributed by atoms with Crippen molar-refractivity contribution in [1.29, 1.82) is 0 Å². The van der Waals surface area contributed by atoms with Gasteiger partial charge in [0.15, 0.2) is 0 Å². The molecule has 2 rings (SSSR count). The van der Waals surface area contributed by atoms with Crippen molar-refractivity contribution in [3.05, 3.63) is 41.0 Å². The van der Waals surface area contributed by atoms with Crippen LogP contribution in [0, 0.1) is 11.8 Å². The normalized spacial score (nSPS) is 21.6. The topological polar surface area (TPSA) is 66.4 Å². The standard InChI is InChI=1S/C18H23NO3/c1-4-13-7-5-6-8-16(13)19-17(20)14-9-11(2)12(3)10-15(14)18(21)22/h5-8,14-15H,4,9-10H2,1-3H3,(H,19,20)(H,21,22)/t14-,15+/m1/s1. The van der Waals surface area contributed by atoms with Crippen molar-refractivity contribution < 1.29 is 14.7 Å². The molecule has 0 heterocycles. The monoisotopic (exact) mass is 301 g/mol. The number of para-hydroxylation sites is 1. The number of anilines is 1. The van der Waals surface area contributed by atoms with Crippen LogP contribution in [0.15, 0.2) is 35.4 Å². The van der Waals surface area contributed by atoms with Gasteiger partial charge in [0.05, 0.1) is 11.8 Å². The SMILES string of the molecule is CCc1ccccc1NC(=O)[C@@H]1CC(C)=C(C)C[C@@H]1C(=O)O. The Hall–Kier alpha value is -2.10. The van der Waals surface area contributed by atoms with Crippen LogP contribution in [0.1, 0.15) is 39.2 Å². The van der Waals surface area contributed by atoms with Crippen LogP contribution in [0.2, 0.25) is 0 Å². The van der Waals surface area contributed by atoms with E-state index in [2.05, 4.69) is 5.32 Å². The van der Waals surface area contributed by atoms with Crippen LogP contribution in [0.25, 0.3) is 0 Å². The van der Waals surface area contributed by atoms with E-state index < -0.39 is 17.8 Å². The highest BCUT2D eigenvalue weighted by molar-refractivity contribution is 5.96. The molecular weight excluding hydrogens is 278 g/mol. The van der Waals surface area contributed by atoms with E-state index in [4.69, 9.17) is 0 Å². The van der Waals surface area contributed by atoms with Gasteiger partial charge in [-0.25, -0.2) is 0 Å². The van der Waals surface area contributed by atoms with Gasteiger partial charge in [-0.05, 0) is 44.7 Å². The predicted octanol–water partition coefficient (Wildman–Crippen LogP) is 3.63. The fourth-order valence-corrected chi connectivity index (χ4v) is 3.00. The summed E-state index contributed by atoms with van der Waals surface area (Å²) in [5.74, 6) is -2.24. The molecule has 1 aliphatic carbocycles. The molecule has 0 saturated heterocycles. The van der Waals surface area contributed by atoms with E-state index in [9.17, 15) is 14.7 Å². The lowest BCUT2D eigenvalue weighted by Crippen LogP contribution is -2.36. The number of aliphatic carboxylic acids is 1. The van der Waals surface area contributed by atoms with E-state index >= 15 is 0 Å². The Balaban J connectivity index is 2.22. The number of carbonyl (C=O) groups is 2. The Morgan fingerprint density at radius 1 is 1.14 bits per heavy atom. The lowest BCUT2D eigenvalue weighted by molar-refractivity contribution is -0.146. The number of aryl methyl sites for hydroxylation is 1. The number of benzene rings is 1. The first-order valence-electron chi connectivity index (χ1n) is 7.70. The molecule has 22 heavy (non-hydrogen) atoms. The van der Waals surface area contributed by atoms with Gasteiger partial charge in [0, 0.05) is 5.69 Å². The summed E-state index contributed by atoms with van der Waals surface area (Å²) < 4.78 is 0. The molecule has 2 atom stereocenters. The van der Waals surface area contributed by atoms with E-state index in [1.54, 1.807) is 0 Å². The van der Waals surface area contributed by atoms with Gasteiger partial charge in [0.25, 0.3) is 0 Å². The largest absolute Gasteiger partial charge is 0.481 e. The third-order valence-corrected chi connectivity index (χ3v) is 4.58. The fourth-order valence-electron chi connectivity index (χ4n) is 3.00. The lowest BCUT2D eigenvalue weighted by Gasteiger charge is -2.29. The molecule has 0 bridgehead atoms. The number of rotatable bonds is 4. The van der Waals surface area contributed by atoms with Crippen LogP contribution >= 0.6 is 0 Å². The maximum Gasteiger partial charge on any atom is 0.307 e. The molecule has 1 aromatic rings. The summed E-state index contributed by atoms with van der Waals surface area (Å²) in [6.45, 7) is 5.96. The van der Waals surface area contributed by atoms with Gasteiger partial charge >= 0.3 is 5.97 Å². The number of hydrogen-bond acceptors (Lipinski definition) is 2. The first kappa shape index (κ1) is 16.3. The Morgan fingerprint density at radius 2 is 1.73 bits per heavy atom. The molecule has 4 nitrogen and oxygen atoms in total. The Bertz CT molecular complexity index is 619. The van der Waals surface area contributed by atoms with Crippen molar-refractivity contribution in [2.45, 2.75) is 40.0 Å². The smallest absolute Gasteiger partial charge is 0.307 e. The summed E-state index contributed by atoms with van der Waals surface area (Å²) in [6.07, 6.45) is 1.79. The molecule has 0 unspecified atom stereocenters. The highest BCUT2D eigenvalue weighted by atomic mass is 16.4. The average Bonchev–Trinajstić information content (AvgIpc) is 2.49. The molecule has 1 aromatic carbocycles. The third kappa shape index (κ3) is 3.38. The van der Waals surface area contributed by atoms with E-state index in [1.165, 1.54) is 0 Å². The predicted molar refractivity (Wildman–Crippen MR) is 86.7 cm³/mol. The van der Waals surface area contributed by atoms with E-state index in [1.807, 2.05) is 45.0 Å². The number of carbonyl (C=O) groups excluding carboxylic acids is 1. The molecule has 1 aliphatic rings. The molecule has 1 amide bonds. The summed E-state index contributed by atoms with van der Waals surface area (Å²) in [5.41, 5.74) is 4.05. The summed E-state index contributed by atoms with van der Waals surface area (Å²) in [7, 11) is 0. The van der Waals surface area contributed by atoms with E-state index in [-0.39, 0.29) is 5.91 Å². The van der Waals surface area contributed by atoms with Gasteiger partial charge in [0.1, 0.15) is 0 Å². The van der Waals surface area contributed by atoms with Crippen molar-refractivity contribution in [3.63, 3.8) is 0 Å². The molecule has 0 saturated carbocycles. The van der Waals surface area contributed by atoms with Crippen LogP contribution in [-0.2, 0) is 16.0 Å². The van der Waals surface area contributed by atoms with E-state index in [0.29, 0.717) is 12.8 Å².